The second kappa shape index (κ2) is 17.3. The van der Waals surface area contributed by atoms with Crippen molar-refractivity contribution >= 4 is 68.0 Å². The molecule has 0 unspecified atom stereocenters. The van der Waals surface area contributed by atoms with Gasteiger partial charge in [-0.1, -0.05) is 74.6 Å². The molecule has 1 aliphatic carbocycles. The zero-order valence-corrected chi connectivity index (χ0v) is 31.5. The van der Waals surface area contributed by atoms with E-state index >= 15 is 0 Å². The van der Waals surface area contributed by atoms with Crippen LogP contribution >= 0.6 is 22.6 Å². The molecule has 0 radical (unpaired) electrons. The summed E-state index contributed by atoms with van der Waals surface area (Å²) >= 11 is 1.98. The third-order valence-corrected chi connectivity index (χ3v) is 11.1. The number of hydrogen-bond acceptors (Lipinski definition) is 6. The summed E-state index contributed by atoms with van der Waals surface area (Å²) in [5, 5.41) is 20.4. The summed E-state index contributed by atoms with van der Waals surface area (Å²) < 4.78 is 0.584. The van der Waals surface area contributed by atoms with Crippen molar-refractivity contribution < 1.29 is 24.3 Å². The number of aromatic nitrogens is 2. The summed E-state index contributed by atoms with van der Waals surface area (Å²) in [7, 11) is 0. The van der Waals surface area contributed by atoms with Crippen molar-refractivity contribution in [3.05, 3.63) is 99.4 Å². The van der Waals surface area contributed by atoms with Crippen LogP contribution in [0.2, 0.25) is 0 Å². The van der Waals surface area contributed by atoms with Gasteiger partial charge in [0.15, 0.2) is 0 Å². The summed E-state index contributed by atoms with van der Waals surface area (Å²) in [6.07, 6.45) is 9.93. The lowest BCUT2D eigenvalue weighted by Gasteiger charge is -2.27. The molecule has 12 nitrogen and oxygen atoms in total. The smallest absolute Gasteiger partial charge is 0.243 e. The molecule has 278 valence electrons. The largest absolute Gasteiger partial charge is 0.507 e. The van der Waals surface area contributed by atoms with Gasteiger partial charge in [-0.2, -0.15) is 0 Å². The minimum absolute atomic E-state index is 0.0727. The van der Waals surface area contributed by atoms with Crippen LogP contribution in [0.3, 0.4) is 0 Å². The van der Waals surface area contributed by atoms with E-state index in [0.29, 0.717) is 21.5 Å². The third-order valence-electron chi connectivity index (χ3n) is 10.2. The number of aromatic hydroxyl groups is 1. The number of para-hydroxylation sites is 2. The molecule has 0 spiro atoms. The van der Waals surface area contributed by atoms with Gasteiger partial charge in [-0.25, -0.2) is 0 Å². The van der Waals surface area contributed by atoms with Crippen LogP contribution in [-0.4, -0.2) is 62.9 Å². The molecule has 3 aromatic carbocycles. The van der Waals surface area contributed by atoms with Crippen molar-refractivity contribution in [3.8, 4) is 5.75 Å². The van der Waals surface area contributed by atoms with E-state index in [9.17, 15) is 24.3 Å². The van der Waals surface area contributed by atoms with E-state index in [-0.39, 0.29) is 25.0 Å². The summed E-state index contributed by atoms with van der Waals surface area (Å²) in [5.41, 5.74) is 16.2. The Kier molecular flexibility index (Phi) is 12.3. The van der Waals surface area contributed by atoms with E-state index in [1.54, 1.807) is 18.3 Å². The number of phenolic OH excluding ortho intramolecular Hbond substituents is 1. The minimum atomic E-state index is -1.15. The number of amides is 4. The molecule has 1 aliphatic rings. The average molecular weight is 832 g/mol. The Bertz CT molecular complexity index is 2090. The standard InChI is InChI=1S/C40H46IN7O5/c41-29-16-24(14-15-36(29)49)18-33(37(43)50)46-39(52)35(20-26-22-45-32-13-7-5-11-28(26)32)48-40(53)34(19-25-21-44-31-12-6-4-10-27(25)31)47-38(51)30(42)17-23-8-2-1-3-9-23/h4-7,10-16,21-23,30,33-35,44-45,49H,1-3,8-9,17-20,42H2,(H2,43,50)(H,46,52)(H,47,51)(H,48,53)/t30-,33-,34+,35-/m0/s1. The number of phenols is 1. The molecule has 5 aromatic rings. The van der Waals surface area contributed by atoms with Gasteiger partial charge >= 0.3 is 0 Å². The highest BCUT2D eigenvalue weighted by atomic mass is 127. The van der Waals surface area contributed by atoms with Crippen LogP contribution in [0.25, 0.3) is 21.8 Å². The fraction of sp³-hybridized carbons (Fsp3) is 0.350. The van der Waals surface area contributed by atoms with Crippen LogP contribution in [0, 0.1) is 9.49 Å². The Morgan fingerprint density at radius 1 is 0.736 bits per heavy atom. The van der Waals surface area contributed by atoms with Crippen LogP contribution in [0.15, 0.2) is 79.1 Å². The van der Waals surface area contributed by atoms with E-state index in [4.69, 9.17) is 11.5 Å². The zero-order chi connectivity index (χ0) is 37.5. The number of carbonyl (C=O) groups is 4. The lowest BCUT2D eigenvalue weighted by molar-refractivity contribution is -0.133. The molecular weight excluding hydrogens is 785 g/mol. The second-order valence-electron chi connectivity index (χ2n) is 14.0. The van der Waals surface area contributed by atoms with Gasteiger partial charge in [-0.15, -0.1) is 0 Å². The lowest BCUT2D eigenvalue weighted by atomic mass is 9.85. The second-order valence-corrected chi connectivity index (χ2v) is 15.2. The lowest BCUT2D eigenvalue weighted by Crippen LogP contribution is -2.58. The van der Waals surface area contributed by atoms with Crippen molar-refractivity contribution in [3.63, 3.8) is 0 Å². The number of nitrogens with one attached hydrogen (secondary N) is 5. The quantitative estimate of drug-likeness (QED) is 0.0725. The molecule has 6 rings (SSSR count). The number of primary amides is 1. The number of nitrogens with two attached hydrogens (primary N) is 2. The summed E-state index contributed by atoms with van der Waals surface area (Å²) in [6.45, 7) is 0. The number of carbonyl (C=O) groups excluding carboxylic acids is 4. The fourth-order valence-corrected chi connectivity index (χ4v) is 7.89. The number of benzene rings is 3. The predicted octanol–water partition coefficient (Wildman–Crippen LogP) is 4.22. The number of hydrogen-bond donors (Lipinski definition) is 8. The molecule has 13 heteroatoms. The molecule has 10 N–H and O–H groups in total. The molecule has 1 fully saturated rings. The first-order chi connectivity index (χ1) is 25.5. The number of fused-ring (bicyclic) bond motifs is 2. The van der Waals surface area contributed by atoms with Crippen LogP contribution in [0.5, 0.6) is 5.75 Å². The van der Waals surface area contributed by atoms with E-state index in [0.717, 1.165) is 58.6 Å². The first-order valence-corrected chi connectivity index (χ1v) is 19.2. The van der Waals surface area contributed by atoms with Crippen LogP contribution < -0.4 is 27.4 Å². The van der Waals surface area contributed by atoms with Crippen LogP contribution in [-0.2, 0) is 38.4 Å². The third kappa shape index (κ3) is 9.57. The fourth-order valence-electron chi connectivity index (χ4n) is 7.31. The number of rotatable bonds is 15. The topological polar surface area (TPSA) is 208 Å². The van der Waals surface area contributed by atoms with Gasteiger partial charge in [-0.3, -0.25) is 19.2 Å². The molecule has 2 heterocycles. The monoisotopic (exact) mass is 831 g/mol. The summed E-state index contributed by atoms with van der Waals surface area (Å²) in [4.78, 5) is 61.2. The van der Waals surface area contributed by atoms with Gasteiger partial charge in [0.25, 0.3) is 0 Å². The molecule has 0 bridgehead atoms. The number of halogens is 1. The van der Waals surface area contributed by atoms with Crippen molar-refractivity contribution in [2.75, 3.05) is 0 Å². The first-order valence-electron chi connectivity index (χ1n) is 18.1. The number of H-pyrrole nitrogens is 2. The Morgan fingerprint density at radius 2 is 1.26 bits per heavy atom. The summed E-state index contributed by atoms with van der Waals surface area (Å²) in [6, 6.07) is 16.1. The average Bonchev–Trinajstić information content (AvgIpc) is 3.76. The molecule has 4 atom stereocenters. The Morgan fingerprint density at radius 3 is 1.81 bits per heavy atom. The molecule has 0 saturated heterocycles. The van der Waals surface area contributed by atoms with E-state index < -0.39 is 47.8 Å². The summed E-state index contributed by atoms with van der Waals surface area (Å²) in [5.74, 6) is -1.91. The predicted molar refractivity (Wildman–Crippen MR) is 213 cm³/mol. The van der Waals surface area contributed by atoms with Gasteiger partial charge < -0.3 is 42.5 Å². The van der Waals surface area contributed by atoms with Crippen LogP contribution in [0.1, 0.15) is 55.2 Å². The highest BCUT2D eigenvalue weighted by Gasteiger charge is 2.32. The van der Waals surface area contributed by atoms with Gasteiger partial charge in [0, 0.05) is 53.5 Å². The maximum atomic E-state index is 14.4. The molecule has 4 amide bonds. The van der Waals surface area contributed by atoms with Crippen molar-refractivity contribution in [2.24, 2.45) is 17.4 Å². The molecule has 53 heavy (non-hydrogen) atoms. The van der Waals surface area contributed by atoms with E-state index in [2.05, 4.69) is 25.9 Å². The molecular formula is C40H46IN7O5. The Hall–Kier alpha value is -4.89. The zero-order valence-electron chi connectivity index (χ0n) is 29.4. The van der Waals surface area contributed by atoms with Crippen LogP contribution in [0.4, 0.5) is 0 Å². The molecule has 2 aromatic heterocycles. The normalized spacial score (nSPS) is 15.7. The van der Waals surface area contributed by atoms with E-state index in [1.807, 2.05) is 77.3 Å². The Labute approximate surface area is 321 Å². The molecule has 1 saturated carbocycles. The van der Waals surface area contributed by atoms with Gasteiger partial charge in [0.2, 0.25) is 23.6 Å². The van der Waals surface area contributed by atoms with Gasteiger partial charge in [-0.05, 0) is 75.9 Å². The van der Waals surface area contributed by atoms with Crippen molar-refractivity contribution in [1.82, 2.24) is 25.9 Å². The van der Waals surface area contributed by atoms with Crippen molar-refractivity contribution in [1.29, 1.82) is 0 Å². The highest BCUT2D eigenvalue weighted by Crippen LogP contribution is 2.27. The Balaban J connectivity index is 1.26. The SMILES string of the molecule is NC(=O)[C@H](Cc1ccc(O)c(I)c1)NC(=O)[C@H](Cc1c[nH]c2ccccc12)NC(=O)[C@@H](Cc1c[nH]c2ccccc12)NC(=O)[C@@H](N)CC1CCCCC1. The maximum Gasteiger partial charge on any atom is 0.243 e. The van der Waals surface area contributed by atoms with Crippen molar-refractivity contribution in [2.45, 2.75) is 82.0 Å². The van der Waals surface area contributed by atoms with Gasteiger partial charge in [0.1, 0.15) is 23.9 Å². The maximum absolute atomic E-state index is 14.4. The van der Waals surface area contributed by atoms with E-state index in [1.165, 1.54) is 12.5 Å². The number of aromatic amines is 2. The minimum Gasteiger partial charge on any atom is -0.507 e. The van der Waals surface area contributed by atoms with Gasteiger partial charge in [0.05, 0.1) is 9.61 Å². The first kappa shape index (κ1) is 37.9. The molecule has 0 aliphatic heterocycles. The highest BCUT2D eigenvalue weighted by molar-refractivity contribution is 14.1.